The number of aromatic nitrogens is 2. The van der Waals surface area contributed by atoms with Crippen molar-refractivity contribution in [2.24, 2.45) is 0 Å². The van der Waals surface area contributed by atoms with Gasteiger partial charge in [0, 0.05) is 35.6 Å². The van der Waals surface area contributed by atoms with E-state index in [-0.39, 0.29) is 0 Å². The molecular formula is C14H18N4. The Balaban J connectivity index is 1.85. The molecule has 18 heavy (non-hydrogen) atoms. The van der Waals surface area contributed by atoms with E-state index in [1.54, 1.807) is 0 Å². The average Bonchev–Trinajstić information content (AvgIpc) is 2.97. The van der Waals surface area contributed by atoms with Gasteiger partial charge in [0.15, 0.2) is 0 Å². The number of rotatable bonds is 2. The minimum Gasteiger partial charge on any atom is -0.399 e. The van der Waals surface area contributed by atoms with Crippen LogP contribution in [0.4, 0.5) is 5.69 Å². The molecule has 1 aromatic heterocycles. The van der Waals surface area contributed by atoms with Gasteiger partial charge in [0.1, 0.15) is 5.82 Å². The molecule has 0 aliphatic carbocycles. The predicted octanol–water partition coefficient (Wildman–Crippen LogP) is 2.08. The quantitative estimate of drug-likeness (QED) is 0.793. The fraction of sp³-hybridized carbons (Fsp3) is 0.357. The first kappa shape index (κ1) is 11.3. The summed E-state index contributed by atoms with van der Waals surface area (Å²) in [5, 5.41) is 0. The highest BCUT2D eigenvalue weighted by Crippen LogP contribution is 2.27. The summed E-state index contributed by atoms with van der Waals surface area (Å²) >= 11 is 0. The molecular weight excluding hydrogens is 224 g/mol. The van der Waals surface area contributed by atoms with E-state index in [1.165, 1.54) is 12.1 Å². The Morgan fingerprint density at radius 3 is 3.06 bits per heavy atom. The lowest BCUT2D eigenvalue weighted by atomic mass is 10.1. The van der Waals surface area contributed by atoms with Gasteiger partial charge in [-0.05, 0) is 32.1 Å². The number of nitrogen functional groups attached to an aromatic ring is 1. The van der Waals surface area contributed by atoms with Crippen molar-refractivity contribution in [3.63, 3.8) is 0 Å². The number of likely N-dealkylation sites (N-methyl/N-ethyl adjacent to an activating group) is 1. The maximum Gasteiger partial charge on any atom is 0.137 e. The van der Waals surface area contributed by atoms with Gasteiger partial charge in [0.2, 0.25) is 0 Å². The fourth-order valence-corrected chi connectivity index (χ4v) is 2.56. The van der Waals surface area contributed by atoms with Crippen LogP contribution < -0.4 is 5.73 Å². The predicted molar refractivity (Wildman–Crippen MR) is 73.3 cm³/mol. The number of nitrogens with zero attached hydrogens (tertiary/aromatic N) is 2. The Hall–Kier alpha value is -1.81. The van der Waals surface area contributed by atoms with Crippen molar-refractivity contribution < 1.29 is 0 Å². The average molecular weight is 242 g/mol. The molecule has 4 heteroatoms. The minimum absolute atomic E-state index is 0.581. The molecule has 2 heterocycles. The third-order valence-corrected chi connectivity index (χ3v) is 3.59. The Morgan fingerprint density at radius 2 is 2.33 bits per heavy atom. The Kier molecular flexibility index (Phi) is 2.80. The molecule has 4 nitrogen and oxygen atoms in total. The van der Waals surface area contributed by atoms with Crippen molar-refractivity contribution in [2.45, 2.75) is 12.3 Å². The first-order chi connectivity index (χ1) is 8.72. The first-order valence-corrected chi connectivity index (χ1v) is 6.32. The number of H-pyrrole nitrogens is 1. The highest BCUT2D eigenvalue weighted by atomic mass is 15.1. The smallest absolute Gasteiger partial charge is 0.137 e. The Morgan fingerprint density at radius 1 is 1.44 bits per heavy atom. The number of nitrogens with two attached hydrogens (primary N) is 1. The maximum atomic E-state index is 5.79. The molecule has 0 spiro atoms. The van der Waals surface area contributed by atoms with Gasteiger partial charge in [-0.25, -0.2) is 4.98 Å². The third-order valence-electron chi connectivity index (χ3n) is 3.59. The van der Waals surface area contributed by atoms with Crippen LogP contribution in [0.3, 0.4) is 0 Å². The lowest BCUT2D eigenvalue weighted by molar-refractivity contribution is 0.411. The third kappa shape index (κ3) is 2.11. The van der Waals surface area contributed by atoms with E-state index in [0.717, 1.165) is 30.2 Å². The van der Waals surface area contributed by atoms with Crippen molar-refractivity contribution in [2.75, 3.05) is 25.9 Å². The van der Waals surface area contributed by atoms with Crippen molar-refractivity contribution in [3.05, 3.63) is 36.2 Å². The van der Waals surface area contributed by atoms with Crippen LogP contribution in [-0.4, -0.2) is 35.0 Å². The lowest BCUT2D eigenvalue weighted by Crippen LogP contribution is -2.13. The molecule has 1 aromatic carbocycles. The van der Waals surface area contributed by atoms with Crippen LogP contribution in [0.25, 0.3) is 11.4 Å². The maximum absolute atomic E-state index is 5.79. The molecule has 3 N–H and O–H groups in total. The Labute approximate surface area is 107 Å². The SMILES string of the molecule is CN1CCC(c2cnc(-c3cccc(N)c3)[nH]2)C1. The number of hydrogen-bond donors (Lipinski definition) is 2. The number of anilines is 1. The van der Waals surface area contributed by atoms with Gasteiger partial charge in [-0.15, -0.1) is 0 Å². The van der Waals surface area contributed by atoms with Crippen LogP contribution in [0.15, 0.2) is 30.5 Å². The van der Waals surface area contributed by atoms with E-state index in [9.17, 15) is 0 Å². The second kappa shape index (κ2) is 4.46. The van der Waals surface area contributed by atoms with Gasteiger partial charge >= 0.3 is 0 Å². The van der Waals surface area contributed by atoms with Gasteiger partial charge in [0.05, 0.1) is 0 Å². The largest absolute Gasteiger partial charge is 0.399 e. The van der Waals surface area contributed by atoms with Gasteiger partial charge < -0.3 is 15.6 Å². The summed E-state index contributed by atoms with van der Waals surface area (Å²) < 4.78 is 0. The number of aromatic amines is 1. The van der Waals surface area contributed by atoms with Gasteiger partial charge in [-0.3, -0.25) is 0 Å². The molecule has 1 fully saturated rings. The van der Waals surface area contributed by atoms with E-state index in [0.29, 0.717) is 5.92 Å². The van der Waals surface area contributed by atoms with Crippen molar-refractivity contribution >= 4 is 5.69 Å². The van der Waals surface area contributed by atoms with Crippen molar-refractivity contribution in [3.8, 4) is 11.4 Å². The van der Waals surface area contributed by atoms with Gasteiger partial charge in [-0.2, -0.15) is 0 Å². The highest BCUT2D eigenvalue weighted by Gasteiger charge is 2.22. The molecule has 94 valence electrons. The molecule has 0 radical (unpaired) electrons. The van der Waals surface area contributed by atoms with Crippen LogP contribution in [0.1, 0.15) is 18.0 Å². The van der Waals surface area contributed by atoms with Crippen LogP contribution in [-0.2, 0) is 0 Å². The standard InChI is InChI=1S/C14H18N4/c1-18-6-5-11(9-18)13-8-16-14(17-13)10-3-2-4-12(15)7-10/h2-4,7-8,11H,5-6,9,15H2,1H3,(H,16,17). The second-order valence-electron chi connectivity index (χ2n) is 5.06. The second-order valence-corrected chi connectivity index (χ2v) is 5.06. The molecule has 0 amide bonds. The van der Waals surface area contributed by atoms with Crippen LogP contribution in [0.2, 0.25) is 0 Å². The number of imidazole rings is 1. The van der Waals surface area contributed by atoms with Gasteiger partial charge in [0.25, 0.3) is 0 Å². The summed E-state index contributed by atoms with van der Waals surface area (Å²) in [7, 11) is 2.16. The van der Waals surface area contributed by atoms with E-state index in [2.05, 4.69) is 21.9 Å². The number of likely N-dealkylation sites (tertiary alicyclic amines) is 1. The molecule has 1 aliphatic rings. The van der Waals surface area contributed by atoms with Crippen LogP contribution >= 0.6 is 0 Å². The van der Waals surface area contributed by atoms with Crippen molar-refractivity contribution in [1.29, 1.82) is 0 Å². The first-order valence-electron chi connectivity index (χ1n) is 6.32. The molecule has 1 unspecified atom stereocenters. The minimum atomic E-state index is 0.581. The summed E-state index contributed by atoms with van der Waals surface area (Å²) in [6.07, 6.45) is 3.16. The van der Waals surface area contributed by atoms with Crippen LogP contribution in [0.5, 0.6) is 0 Å². The van der Waals surface area contributed by atoms with Crippen molar-refractivity contribution in [1.82, 2.24) is 14.9 Å². The van der Waals surface area contributed by atoms with E-state index in [4.69, 9.17) is 5.73 Å². The van der Waals surface area contributed by atoms with E-state index >= 15 is 0 Å². The summed E-state index contributed by atoms with van der Waals surface area (Å²) in [5.41, 5.74) is 8.85. The molecule has 1 saturated heterocycles. The normalized spacial score (nSPS) is 20.4. The molecule has 0 bridgehead atoms. The zero-order valence-electron chi connectivity index (χ0n) is 10.6. The fourth-order valence-electron chi connectivity index (χ4n) is 2.56. The Bertz CT molecular complexity index is 546. The highest BCUT2D eigenvalue weighted by molar-refractivity contribution is 5.61. The number of hydrogen-bond acceptors (Lipinski definition) is 3. The van der Waals surface area contributed by atoms with E-state index in [1.807, 2.05) is 30.5 Å². The zero-order chi connectivity index (χ0) is 12.5. The monoisotopic (exact) mass is 242 g/mol. The number of benzene rings is 1. The van der Waals surface area contributed by atoms with Crippen LogP contribution in [0, 0.1) is 0 Å². The topological polar surface area (TPSA) is 57.9 Å². The van der Waals surface area contributed by atoms with E-state index < -0.39 is 0 Å². The molecule has 3 rings (SSSR count). The van der Waals surface area contributed by atoms with Gasteiger partial charge in [-0.1, -0.05) is 12.1 Å². The number of nitrogens with one attached hydrogen (secondary N) is 1. The molecule has 2 aromatic rings. The summed E-state index contributed by atoms with van der Waals surface area (Å²) in [6.45, 7) is 2.27. The lowest BCUT2D eigenvalue weighted by Gasteiger charge is -2.07. The molecule has 0 saturated carbocycles. The summed E-state index contributed by atoms with van der Waals surface area (Å²) in [6, 6.07) is 7.82. The molecule has 1 aliphatic heterocycles. The zero-order valence-corrected chi connectivity index (χ0v) is 10.6. The summed E-state index contributed by atoms with van der Waals surface area (Å²) in [5.74, 6) is 1.49. The summed E-state index contributed by atoms with van der Waals surface area (Å²) in [4.78, 5) is 10.2. The molecule has 1 atom stereocenters.